The van der Waals surface area contributed by atoms with Gasteiger partial charge in [-0.2, -0.15) is 0 Å². The molecule has 88 valence electrons. The van der Waals surface area contributed by atoms with Gasteiger partial charge in [-0.15, -0.1) is 0 Å². The molecule has 0 aromatic heterocycles. The molecular formula is C11H15NO3S. The Bertz CT molecular complexity index is 439. The van der Waals surface area contributed by atoms with Gasteiger partial charge in [0.1, 0.15) is 15.6 Å². The maximum Gasteiger partial charge on any atom is 0.150 e. The third-order valence-electron chi connectivity index (χ3n) is 2.79. The van der Waals surface area contributed by atoms with Gasteiger partial charge in [0, 0.05) is 11.7 Å². The zero-order chi connectivity index (χ0) is 11.6. The molecule has 16 heavy (non-hydrogen) atoms. The number of nitrogens with one attached hydrogen (secondary N) is 1. The molecule has 1 saturated heterocycles. The van der Waals surface area contributed by atoms with Crippen LogP contribution in [0, 0.1) is 0 Å². The molecule has 0 atom stereocenters. The average Bonchev–Trinajstić information content (AvgIpc) is 2.24. The highest BCUT2D eigenvalue weighted by atomic mass is 32.2. The molecule has 0 spiro atoms. The van der Waals surface area contributed by atoms with E-state index in [1.807, 2.05) is 0 Å². The average molecular weight is 241 g/mol. The second-order valence-corrected chi connectivity index (χ2v) is 6.42. The fourth-order valence-corrected chi connectivity index (χ4v) is 3.32. The summed E-state index contributed by atoms with van der Waals surface area (Å²) in [4.78, 5) is 0. The van der Waals surface area contributed by atoms with Crippen LogP contribution >= 0.6 is 0 Å². The minimum absolute atomic E-state index is 0.216. The number of hydrogen-bond donors (Lipinski definition) is 2. The molecule has 1 aromatic rings. The number of anilines is 1. The predicted molar refractivity (Wildman–Crippen MR) is 63.4 cm³/mol. The maximum absolute atomic E-state index is 11.2. The molecule has 0 amide bonds. The third-order valence-corrected chi connectivity index (χ3v) is 4.51. The fourth-order valence-electron chi connectivity index (χ4n) is 1.83. The highest BCUT2D eigenvalue weighted by Crippen LogP contribution is 2.19. The zero-order valence-electron chi connectivity index (χ0n) is 8.89. The Morgan fingerprint density at radius 1 is 1.12 bits per heavy atom. The molecule has 0 saturated carbocycles. The summed E-state index contributed by atoms with van der Waals surface area (Å²) in [5, 5.41) is 12.4. The van der Waals surface area contributed by atoms with Crippen molar-refractivity contribution in [3.63, 3.8) is 0 Å². The first-order valence-electron chi connectivity index (χ1n) is 5.31. The standard InChI is InChI=1S/C11H15NO3S/c13-11-3-1-9(2-4-11)12-10-5-7-16(14,15)8-6-10/h1-4,10,12-13H,5-8H2. The monoisotopic (exact) mass is 241 g/mol. The molecule has 0 bridgehead atoms. The van der Waals surface area contributed by atoms with Gasteiger partial charge < -0.3 is 10.4 Å². The summed E-state index contributed by atoms with van der Waals surface area (Å²) in [7, 11) is -2.79. The molecule has 2 rings (SSSR count). The normalized spacial score (nSPS) is 20.5. The van der Waals surface area contributed by atoms with Crippen LogP contribution in [0.3, 0.4) is 0 Å². The molecule has 0 radical (unpaired) electrons. The quantitative estimate of drug-likeness (QED) is 0.768. The van der Waals surface area contributed by atoms with E-state index in [9.17, 15) is 8.42 Å². The topological polar surface area (TPSA) is 66.4 Å². The molecule has 1 fully saturated rings. The van der Waals surface area contributed by atoms with Gasteiger partial charge in [0.25, 0.3) is 0 Å². The number of hydrogen-bond acceptors (Lipinski definition) is 4. The molecule has 1 aliphatic heterocycles. The van der Waals surface area contributed by atoms with Gasteiger partial charge in [-0.3, -0.25) is 0 Å². The lowest BCUT2D eigenvalue weighted by atomic mass is 10.1. The first kappa shape index (κ1) is 11.3. The van der Waals surface area contributed by atoms with Crippen molar-refractivity contribution >= 4 is 15.5 Å². The van der Waals surface area contributed by atoms with E-state index in [4.69, 9.17) is 5.11 Å². The lowest BCUT2D eigenvalue weighted by Crippen LogP contribution is -2.32. The molecule has 0 unspecified atom stereocenters. The van der Waals surface area contributed by atoms with E-state index < -0.39 is 9.84 Å². The van der Waals surface area contributed by atoms with Crippen LogP contribution < -0.4 is 5.32 Å². The Labute approximate surface area is 95.2 Å². The van der Waals surface area contributed by atoms with Gasteiger partial charge in [-0.25, -0.2) is 8.42 Å². The van der Waals surface area contributed by atoms with Crippen molar-refractivity contribution in [2.75, 3.05) is 16.8 Å². The Balaban J connectivity index is 1.94. The van der Waals surface area contributed by atoms with E-state index in [0.29, 0.717) is 12.8 Å². The number of sulfone groups is 1. The first-order chi connectivity index (χ1) is 7.55. The van der Waals surface area contributed by atoms with Crippen LogP contribution in [0.4, 0.5) is 5.69 Å². The molecule has 4 nitrogen and oxygen atoms in total. The molecule has 1 aromatic carbocycles. The van der Waals surface area contributed by atoms with Crippen molar-refractivity contribution < 1.29 is 13.5 Å². The van der Waals surface area contributed by atoms with Crippen molar-refractivity contribution in [2.45, 2.75) is 18.9 Å². The predicted octanol–water partition coefficient (Wildman–Crippen LogP) is 1.38. The van der Waals surface area contributed by atoms with Crippen LogP contribution in [0.2, 0.25) is 0 Å². The van der Waals surface area contributed by atoms with Gasteiger partial charge >= 0.3 is 0 Å². The Morgan fingerprint density at radius 3 is 2.25 bits per heavy atom. The van der Waals surface area contributed by atoms with Crippen LogP contribution in [0.25, 0.3) is 0 Å². The van der Waals surface area contributed by atoms with Crippen molar-refractivity contribution in [2.24, 2.45) is 0 Å². The number of rotatable bonds is 2. The summed E-state index contributed by atoms with van der Waals surface area (Å²) >= 11 is 0. The summed E-state index contributed by atoms with van der Waals surface area (Å²) in [5.74, 6) is 0.766. The van der Waals surface area contributed by atoms with Crippen molar-refractivity contribution in [3.05, 3.63) is 24.3 Å². The zero-order valence-corrected chi connectivity index (χ0v) is 9.70. The number of phenols is 1. The van der Waals surface area contributed by atoms with E-state index in [0.717, 1.165) is 5.69 Å². The van der Waals surface area contributed by atoms with Gasteiger partial charge in [-0.05, 0) is 37.1 Å². The summed E-state index contributed by atoms with van der Waals surface area (Å²) in [5.41, 5.74) is 0.919. The largest absolute Gasteiger partial charge is 0.508 e. The lowest BCUT2D eigenvalue weighted by molar-refractivity contribution is 0.475. The van der Waals surface area contributed by atoms with Gasteiger partial charge in [0.15, 0.2) is 0 Å². The summed E-state index contributed by atoms with van der Waals surface area (Å²) in [6.07, 6.45) is 1.31. The Hall–Kier alpha value is -1.23. The summed E-state index contributed by atoms with van der Waals surface area (Å²) in [6.45, 7) is 0. The van der Waals surface area contributed by atoms with Crippen LogP contribution in [0.1, 0.15) is 12.8 Å². The van der Waals surface area contributed by atoms with Gasteiger partial charge in [0.2, 0.25) is 0 Å². The maximum atomic E-state index is 11.2. The molecule has 2 N–H and O–H groups in total. The fraction of sp³-hybridized carbons (Fsp3) is 0.455. The minimum Gasteiger partial charge on any atom is -0.508 e. The molecule has 0 aliphatic carbocycles. The lowest BCUT2D eigenvalue weighted by Gasteiger charge is -2.24. The SMILES string of the molecule is O=S1(=O)CCC(Nc2ccc(O)cc2)CC1. The second kappa shape index (κ2) is 4.33. The second-order valence-electron chi connectivity index (χ2n) is 4.12. The van der Waals surface area contributed by atoms with Crippen LogP contribution in [0.5, 0.6) is 5.75 Å². The molecule has 1 aliphatic rings. The third kappa shape index (κ3) is 2.88. The van der Waals surface area contributed by atoms with E-state index in [-0.39, 0.29) is 23.3 Å². The summed E-state index contributed by atoms with van der Waals surface area (Å²) in [6, 6.07) is 7.02. The van der Waals surface area contributed by atoms with Crippen LogP contribution in [-0.2, 0) is 9.84 Å². The Morgan fingerprint density at radius 2 is 1.69 bits per heavy atom. The number of aromatic hydroxyl groups is 1. The van der Waals surface area contributed by atoms with E-state index in [2.05, 4.69) is 5.32 Å². The number of phenolic OH excluding ortho intramolecular Hbond substituents is 1. The minimum atomic E-state index is -2.79. The molecule has 5 heteroatoms. The molecular weight excluding hydrogens is 226 g/mol. The first-order valence-corrected chi connectivity index (χ1v) is 7.13. The van der Waals surface area contributed by atoms with Crippen molar-refractivity contribution in [1.82, 2.24) is 0 Å². The van der Waals surface area contributed by atoms with Crippen LogP contribution in [-0.4, -0.2) is 31.1 Å². The van der Waals surface area contributed by atoms with Gasteiger partial charge in [-0.1, -0.05) is 0 Å². The van der Waals surface area contributed by atoms with E-state index in [1.54, 1.807) is 24.3 Å². The highest BCUT2D eigenvalue weighted by Gasteiger charge is 2.23. The van der Waals surface area contributed by atoms with Gasteiger partial charge in [0.05, 0.1) is 11.5 Å². The van der Waals surface area contributed by atoms with Crippen molar-refractivity contribution in [3.8, 4) is 5.75 Å². The molecule has 1 heterocycles. The summed E-state index contributed by atoms with van der Waals surface area (Å²) < 4.78 is 22.5. The van der Waals surface area contributed by atoms with E-state index in [1.165, 1.54) is 0 Å². The number of benzene rings is 1. The smallest absolute Gasteiger partial charge is 0.150 e. The van der Waals surface area contributed by atoms with Crippen molar-refractivity contribution in [1.29, 1.82) is 0 Å². The van der Waals surface area contributed by atoms with E-state index >= 15 is 0 Å². The Kier molecular flexibility index (Phi) is 3.05. The highest BCUT2D eigenvalue weighted by molar-refractivity contribution is 7.91. The van der Waals surface area contributed by atoms with Crippen LogP contribution in [0.15, 0.2) is 24.3 Å².